The molecule has 4 nitrogen and oxygen atoms in total. The summed E-state index contributed by atoms with van der Waals surface area (Å²) in [7, 11) is 0. The van der Waals surface area contributed by atoms with Gasteiger partial charge in [-0.3, -0.25) is 4.90 Å². The van der Waals surface area contributed by atoms with E-state index < -0.39 is 0 Å². The number of piperazine rings is 1. The number of hydrogen-bond donors (Lipinski definition) is 1. The third-order valence-electron chi connectivity index (χ3n) is 4.52. The smallest absolute Gasteiger partial charge is 0.169 e. The maximum atomic E-state index is 5.63. The predicted molar refractivity (Wildman–Crippen MR) is 101 cm³/mol. The van der Waals surface area contributed by atoms with Crippen LogP contribution in [0, 0.1) is 0 Å². The lowest BCUT2D eigenvalue weighted by atomic mass is 10.2. The zero-order valence-corrected chi connectivity index (χ0v) is 15.7. The standard InChI is InChI=1S/C17H24BrN3OS/c18-16-6-2-1-4-14(16)13-20-7-9-21(10-8-20)17(23)19-12-15-5-3-11-22-15/h1-2,4,6,15H,3,5,7-13H2,(H,19,23). The third kappa shape index (κ3) is 4.89. The Hall–Kier alpha value is -0.690. The molecule has 2 saturated heterocycles. The van der Waals surface area contributed by atoms with Gasteiger partial charge in [-0.2, -0.15) is 0 Å². The molecule has 2 aliphatic heterocycles. The summed E-state index contributed by atoms with van der Waals surface area (Å²) in [6.07, 6.45) is 2.66. The summed E-state index contributed by atoms with van der Waals surface area (Å²) >= 11 is 9.16. The van der Waals surface area contributed by atoms with Crippen molar-refractivity contribution in [2.75, 3.05) is 39.3 Å². The molecule has 6 heteroatoms. The molecule has 2 heterocycles. The van der Waals surface area contributed by atoms with E-state index in [1.807, 2.05) is 0 Å². The molecular weight excluding hydrogens is 374 g/mol. The lowest BCUT2D eigenvalue weighted by Gasteiger charge is -2.36. The van der Waals surface area contributed by atoms with Crippen LogP contribution >= 0.6 is 28.1 Å². The average Bonchev–Trinajstić information content (AvgIpc) is 3.09. The maximum Gasteiger partial charge on any atom is 0.169 e. The molecule has 1 unspecified atom stereocenters. The van der Waals surface area contributed by atoms with Crippen LogP contribution in [0.4, 0.5) is 0 Å². The van der Waals surface area contributed by atoms with E-state index in [0.29, 0.717) is 6.10 Å². The second-order valence-electron chi connectivity index (χ2n) is 6.18. The topological polar surface area (TPSA) is 27.7 Å². The normalized spacial score (nSPS) is 22.3. The van der Waals surface area contributed by atoms with E-state index in [0.717, 1.165) is 57.4 Å². The van der Waals surface area contributed by atoms with E-state index in [-0.39, 0.29) is 0 Å². The van der Waals surface area contributed by atoms with Gasteiger partial charge in [-0.05, 0) is 36.7 Å². The van der Waals surface area contributed by atoms with Crippen molar-refractivity contribution in [3.05, 3.63) is 34.3 Å². The second kappa shape index (κ2) is 8.42. The van der Waals surface area contributed by atoms with Gasteiger partial charge in [0, 0.05) is 50.3 Å². The Morgan fingerprint density at radius 3 is 2.74 bits per heavy atom. The van der Waals surface area contributed by atoms with Crippen LogP contribution in [0.2, 0.25) is 0 Å². The Labute approximate surface area is 152 Å². The molecular formula is C17H24BrN3OS. The van der Waals surface area contributed by atoms with Crippen LogP contribution in [-0.4, -0.2) is 60.3 Å². The first-order chi connectivity index (χ1) is 11.2. The van der Waals surface area contributed by atoms with E-state index >= 15 is 0 Å². The minimum absolute atomic E-state index is 0.338. The second-order valence-corrected chi connectivity index (χ2v) is 7.42. The fourth-order valence-electron chi connectivity index (χ4n) is 3.09. The van der Waals surface area contributed by atoms with Crippen molar-refractivity contribution in [3.63, 3.8) is 0 Å². The molecule has 0 spiro atoms. The third-order valence-corrected chi connectivity index (χ3v) is 5.69. The lowest BCUT2D eigenvalue weighted by Crippen LogP contribution is -2.52. The first-order valence-corrected chi connectivity index (χ1v) is 9.52. The first kappa shape index (κ1) is 17.1. The van der Waals surface area contributed by atoms with Crippen molar-refractivity contribution in [2.45, 2.75) is 25.5 Å². The van der Waals surface area contributed by atoms with E-state index in [1.54, 1.807) is 0 Å². The molecule has 0 aliphatic carbocycles. The molecule has 1 aromatic carbocycles. The summed E-state index contributed by atoms with van der Waals surface area (Å²) in [6, 6.07) is 8.45. The first-order valence-electron chi connectivity index (χ1n) is 8.32. The zero-order valence-electron chi connectivity index (χ0n) is 13.3. The Bertz CT molecular complexity index is 528. The van der Waals surface area contributed by atoms with Crippen molar-refractivity contribution in [3.8, 4) is 0 Å². The summed E-state index contributed by atoms with van der Waals surface area (Å²) in [5.74, 6) is 0. The lowest BCUT2D eigenvalue weighted by molar-refractivity contribution is 0.112. The van der Waals surface area contributed by atoms with Crippen molar-refractivity contribution in [1.29, 1.82) is 0 Å². The number of rotatable bonds is 4. The number of benzene rings is 1. The van der Waals surface area contributed by atoms with Gasteiger partial charge in [-0.25, -0.2) is 0 Å². The van der Waals surface area contributed by atoms with Gasteiger partial charge in [-0.15, -0.1) is 0 Å². The Morgan fingerprint density at radius 1 is 1.26 bits per heavy atom. The summed E-state index contributed by atoms with van der Waals surface area (Å²) in [5, 5.41) is 4.25. The van der Waals surface area contributed by atoms with Gasteiger partial charge in [0.2, 0.25) is 0 Å². The fourth-order valence-corrected chi connectivity index (χ4v) is 3.77. The van der Waals surface area contributed by atoms with E-state index in [2.05, 4.69) is 55.3 Å². The largest absolute Gasteiger partial charge is 0.376 e. The highest BCUT2D eigenvalue weighted by molar-refractivity contribution is 9.10. The van der Waals surface area contributed by atoms with E-state index in [9.17, 15) is 0 Å². The minimum atomic E-state index is 0.338. The van der Waals surface area contributed by atoms with E-state index in [4.69, 9.17) is 17.0 Å². The molecule has 1 N–H and O–H groups in total. The molecule has 0 amide bonds. The summed E-state index contributed by atoms with van der Waals surface area (Å²) in [5.41, 5.74) is 1.35. The van der Waals surface area contributed by atoms with Crippen LogP contribution in [0.5, 0.6) is 0 Å². The molecule has 0 aromatic heterocycles. The highest BCUT2D eigenvalue weighted by Crippen LogP contribution is 2.18. The number of nitrogens with one attached hydrogen (secondary N) is 1. The van der Waals surface area contributed by atoms with Crippen LogP contribution in [-0.2, 0) is 11.3 Å². The molecule has 0 saturated carbocycles. The van der Waals surface area contributed by atoms with Crippen LogP contribution in [0.1, 0.15) is 18.4 Å². The van der Waals surface area contributed by atoms with Gasteiger partial charge in [-0.1, -0.05) is 34.1 Å². The molecule has 0 bridgehead atoms. The van der Waals surface area contributed by atoms with Crippen LogP contribution in [0.15, 0.2) is 28.7 Å². The number of ether oxygens (including phenoxy) is 1. The Balaban J connectivity index is 1.41. The molecule has 1 atom stereocenters. The SMILES string of the molecule is S=C(NCC1CCCO1)N1CCN(Cc2ccccc2Br)CC1. The van der Waals surface area contributed by atoms with Crippen molar-refractivity contribution >= 4 is 33.3 Å². The molecule has 23 heavy (non-hydrogen) atoms. The summed E-state index contributed by atoms with van der Waals surface area (Å²) in [4.78, 5) is 4.76. The van der Waals surface area contributed by atoms with Crippen LogP contribution in [0.3, 0.4) is 0 Å². The molecule has 2 fully saturated rings. The number of halogens is 1. The summed E-state index contributed by atoms with van der Waals surface area (Å²) < 4.78 is 6.82. The number of thiocarbonyl (C=S) groups is 1. The number of hydrogen-bond acceptors (Lipinski definition) is 3. The molecule has 126 valence electrons. The highest BCUT2D eigenvalue weighted by Gasteiger charge is 2.21. The van der Waals surface area contributed by atoms with Gasteiger partial charge in [0.05, 0.1) is 6.10 Å². The molecule has 0 radical (unpaired) electrons. The van der Waals surface area contributed by atoms with E-state index in [1.165, 1.54) is 16.5 Å². The predicted octanol–water partition coefficient (Wildman–Crippen LogP) is 2.62. The Morgan fingerprint density at radius 2 is 2.04 bits per heavy atom. The van der Waals surface area contributed by atoms with Gasteiger partial charge in [0.25, 0.3) is 0 Å². The van der Waals surface area contributed by atoms with Crippen molar-refractivity contribution in [2.24, 2.45) is 0 Å². The van der Waals surface area contributed by atoms with Crippen molar-refractivity contribution < 1.29 is 4.74 Å². The Kier molecular flexibility index (Phi) is 6.28. The minimum Gasteiger partial charge on any atom is -0.376 e. The molecule has 3 rings (SSSR count). The molecule has 2 aliphatic rings. The van der Waals surface area contributed by atoms with Gasteiger partial charge >= 0.3 is 0 Å². The quantitative estimate of drug-likeness (QED) is 0.788. The van der Waals surface area contributed by atoms with Gasteiger partial charge in [0.1, 0.15) is 0 Å². The highest BCUT2D eigenvalue weighted by atomic mass is 79.9. The van der Waals surface area contributed by atoms with Crippen molar-refractivity contribution in [1.82, 2.24) is 15.1 Å². The number of nitrogens with zero attached hydrogens (tertiary/aromatic N) is 2. The van der Waals surface area contributed by atoms with Gasteiger partial charge in [0.15, 0.2) is 5.11 Å². The fraction of sp³-hybridized carbons (Fsp3) is 0.588. The monoisotopic (exact) mass is 397 g/mol. The zero-order chi connectivity index (χ0) is 16.1. The summed E-state index contributed by atoms with van der Waals surface area (Å²) in [6.45, 7) is 6.80. The maximum absolute atomic E-state index is 5.63. The van der Waals surface area contributed by atoms with Crippen LogP contribution in [0.25, 0.3) is 0 Å². The average molecular weight is 398 g/mol. The van der Waals surface area contributed by atoms with Gasteiger partial charge < -0.3 is 15.0 Å². The van der Waals surface area contributed by atoms with Crippen LogP contribution < -0.4 is 5.32 Å². The molecule has 1 aromatic rings.